The van der Waals surface area contributed by atoms with E-state index in [1.807, 2.05) is 14.1 Å². The minimum Gasteiger partial charge on any atom is -0.493 e. The van der Waals surface area contributed by atoms with Gasteiger partial charge in [0.05, 0.1) is 18.6 Å². The molecule has 0 aliphatic carbocycles. The van der Waals surface area contributed by atoms with Crippen molar-refractivity contribution < 1.29 is 18.2 Å². The van der Waals surface area contributed by atoms with Crippen LogP contribution in [0.25, 0.3) is 0 Å². The average Bonchev–Trinajstić information content (AvgIpc) is 2.34. The van der Waals surface area contributed by atoms with Crippen molar-refractivity contribution in [2.24, 2.45) is 0 Å². The molecule has 0 bridgehead atoms. The van der Waals surface area contributed by atoms with Crippen LogP contribution in [0, 0.1) is 0 Å². The maximum atomic E-state index is 10.9. The smallest absolute Gasteiger partial charge is 0.186 e. The van der Waals surface area contributed by atoms with Gasteiger partial charge in [-0.3, -0.25) is 0 Å². The third-order valence-corrected chi connectivity index (χ3v) is 3.00. The van der Waals surface area contributed by atoms with Crippen molar-refractivity contribution in [2.75, 3.05) is 34.4 Å². The molecule has 1 rings (SSSR count). The fourth-order valence-electron chi connectivity index (χ4n) is 1.44. The van der Waals surface area contributed by atoms with Gasteiger partial charge in [0.25, 0.3) is 0 Å². The Balaban J connectivity index is 2.62. The highest BCUT2D eigenvalue weighted by Crippen LogP contribution is 2.29. The van der Waals surface area contributed by atoms with Gasteiger partial charge in [-0.05, 0) is 32.6 Å². The van der Waals surface area contributed by atoms with E-state index in [0.29, 0.717) is 23.0 Å². The van der Waals surface area contributed by atoms with Crippen LogP contribution < -0.4 is 9.47 Å². The molecule has 0 aromatic heterocycles. The number of hydrogen-bond acceptors (Lipinski definition) is 4. The first-order chi connectivity index (χ1) is 8.54. The zero-order chi connectivity index (χ0) is 13.5. The van der Waals surface area contributed by atoms with E-state index < -0.39 is 11.1 Å². The summed E-state index contributed by atoms with van der Waals surface area (Å²) in [5.41, 5.74) is 0. The van der Waals surface area contributed by atoms with Crippen LogP contribution in [0.15, 0.2) is 23.1 Å². The maximum Gasteiger partial charge on any atom is 0.186 e. The van der Waals surface area contributed by atoms with Gasteiger partial charge in [0, 0.05) is 12.6 Å². The molecule has 0 aliphatic rings. The Morgan fingerprint density at radius 2 is 2.06 bits per heavy atom. The summed E-state index contributed by atoms with van der Waals surface area (Å²) in [6.45, 7) is 1.52. The van der Waals surface area contributed by atoms with E-state index in [4.69, 9.17) is 14.0 Å². The van der Waals surface area contributed by atoms with Crippen molar-refractivity contribution in [3.63, 3.8) is 0 Å². The molecule has 5 nitrogen and oxygen atoms in total. The van der Waals surface area contributed by atoms with Gasteiger partial charge in [0.1, 0.15) is 0 Å². The number of hydrogen-bond donors (Lipinski definition) is 1. The van der Waals surface area contributed by atoms with E-state index in [2.05, 4.69) is 4.90 Å². The third kappa shape index (κ3) is 4.64. The van der Waals surface area contributed by atoms with Gasteiger partial charge < -0.3 is 18.9 Å². The standard InChI is InChI=1S/C12H19NO4S/c1-13(2)7-4-8-17-11-6-5-10(18(14)15)9-12(11)16-3/h5-6,9H,4,7-8H2,1-3H3,(H,14,15). The first-order valence-electron chi connectivity index (χ1n) is 5.61. The molecule has 0 radical (unpaired) electrons. The van der Waals surface area contributed by atoms with E-state index in [9.17, 15) is 4.21 Å². The highest BCUT2D eigenvalue weighted by Gasteiger charge is 2.08. The molecule has 0 heterocycles. The molecule has 102 valence electrons. The monoisotopic (exact) mass is 273 g/mol. The van der Waals surface area contributed by atoms with Crippen molar-refractivity contribution in [1.29, 1.82) is 0 Å². The van der Waals surface area contributed by atoms with Crippen LogP contribution in [0.2, 0.25) is 0 Å². The van der Waals surface area contributed by atoms with Gasteiger partial charge in [0.2, 0.25) is 0 Å². The minimum absolute atomic E-state index is 0.299. The Labute approximate surface area is 110 Å². The summed E-state index contributed by atoms with van der Waals surface area (Å²) in [5.74, 6) is 1.06. The number of methoxy groups -OCH3 is 1. The molecule has 6 heteroatoms. The van der Waals surface area contributed by atoms with Crippen LogP contribution in [0.1, 0.15) is 6.42 Å². The van der Waals surface area contributed by atoms with Gasteiger partial charge in [-0.25, -0.2) is 4.21 Å². The number of rotatable bonds is 7. The van der Waals surface area contributed by atoms with Gasteiger partial charge in [-0.2, -0.15) is 0 Å². The van der Waals surface area contributed by atoms with Crippen molar-refractivity contribution in [3.05, 3.63) is 18.2 Å². The lowest BCUT2D eigenvalue weighted by Gasteiger charge is -2.13. The Hall–Kier alpha value is -1.11. The molecular formula is C12H19NO4S. The Kier molecular flexibility index (Phi) is 6.11. The van der Waals surface area contributed by atoms with Gasteiger partial charge in [0.15, 0.2) is 22.6 Å². The fraction of sp³-hybridized carbons (Fsp3) is 0.500. The Morgan fingerprint density at radius 1 is 1.33 bits per heavy atom. The van der Waals surface area contributed by atoms with E-state index in [1.54, 1.807) is 12.1 Å². The van der Waals surface area contributed by atoms with Crippen molar-refractivity contribution in [1.82, 2.24) is 4.90 Å². The summed E-state index contributed by atoms with van der Waals surface area (Å²) in [6.07, 6.45) is 0.907. The Morgan fingerprint density at radius 3 is 2.61 bits per heavy atom. The van der Waals surface area contributed by atoms with Crippen LogP contribution in [0.4, 0.5) is 0 Å². The van der Waals surface area contributed by atoms with Crippen molar-refractivity contribution >= 4 is 11.1 Å². The largest absolute Gasteiger partial charge is 0.493 e. The molecule has 0 aliphatic heterocycles. The highest BCUT2D eigenvalue weighted by atomic mass is 32.2. The molecule has 0 spiro atoms. The molecular weight excluding hydrogens is 254 g/mol. The third-order valence-electron chi connectivity index (χ3n) is 2.34. The van der Waals surface area contributed by atoms with Crippen LogP contribution in [0.5, 0.6) is 11.5 Å². The maximum absolute atomic E-state index is 10.9. The summed E-state index contributed by atoms with van der Waals surface area (Å²) in [4.78, 5) is 2.38. The van der Waals surface area contributed by atoms with Gasteiger partial charge >= 0.3 is 0 Å². The zero-order valence-electron chi connectivity index (χ0n) is 10.9. The lowest BCUT2D eigenvalue weighted by Crippen LogP contribution is -2.15. The summed E-state index contributed by atoms with van der Waals surface area (Å²) in [6, 6.07) is 4.72. The van der Waals surface area contributed by atoms with E-state index >= 15 is 0 Å². The van der Waals surface area contributed by atoms with Crippen LogP contribution in [-0.4, -0.2) is 48.0 Å². The lowest BCUT2D eigenvalue weighted by molar-refractivity contribution is 0.268. The van der Waals surface area contributed by atoms with Crippen molar-refractivity contribution in [3.8, 4) is 11.5 Å². The second kappa shape index (κ2) is 7.35. The summed E-state index contributed by atoms with van der Waals surface area (Å²) in [7, 11) is 5.52. The normalized spacial score (nSPS) is 12.5. The van der Waals surface area contributed by atoms with Gasteiger partial charge in [-0.15, -0.1) is 0 Å². The van der Waals surface area contributed by atoms with Crippen LogP contribution >= 0.6 is 0 Å². The molecule has 1 atom stereocenters. The van der Waals surface area contributed by atoms with E-state index in [-0.39, 0.29) is 0 Å². The predicted molar refractivity (Wildman–Crippen MR) is 70.7 cm³/mol. The zero-order valence-corrected chi connectivity index (χ0v) is 11.7. The molecule has 18 heavy (non-hydrogen) atoms. The first kappa shape index (κ1) is 14.9. The summed E-state index contributed by atoms with van der Waals surface area (Å²) in [5, 5.41) is 0. The molecule has 0 saturated carbocycles. The van der Waals surface area contributed by atoms with Crippen LogP contribution in [-0.2, 0) is 11.1 Å². The van der Waals surface area contributed by atoms with Crippen molar-refractivity contribution in [2.45, 2.75) is 11.3 Å². The first-order valence-corrected chi connectivity index (χ1v) is 6.71. The summed E-state index contributed by atoms with van der Waals surface area (Å²) < 4.78 is 30.6. The number of ether oxygens (including phenoxy) is 2. The molecule has 1 aromatic rings. The molecule has 1 N–H and O–H groups in total. The molecule has 0 saturated heterocycles. The number of benzene rings is 1. The summed E-state index contributed by atoms with van der Waals surface area (Å²) >= 11 is -2.00. The molecule has 1 unspecified atom stereocenters. The lowest BCUT2D eigenvalue weighted by atomic mass is 10.3. The van der Waals surface area contributed by atoms with E-state index in [1.165, 1.54) is 13.2 Å². The predicted octanol–water partition coefficient (Wildman–Crippen LogP) is 1.61. The second-order valence-corrected chi connectivity index (χ2v) is 5.04. The molecule has 0 fully saturated rings. The highest BCUT2D eigenvalue weighted by molar-refractivity contribution is 7.79. The topological polar surface area (TPSA) is 59.0 Å². The quantitative estimate of drug-likeness (QED) is 0.604. The van der Waals surface area contributed by atoms with E-state index in [0.717, 1.165) is 13.0 Å². The van der Waals surface area contributed by atoms with Crippen LogP contribution in [0.3, 0.4) is 0 Å². The average molecular weight is 273 g/mol. The second-order valence-electron chi connectivity index (χ2n) is 4.07. The molecule has 1 aromatic carbocycles. The van der Waals surface area contributed by atoms with Gasteiger partial charge in [-0.1, -0.05) is 0 Å². The fourth-order valence-corrected chi connectivity index (χ4v) is 1.83. The Bertz CT molecular complexity index is 409. The SMILES string of the molecule is COc1cc(S(=O)O)ccc1OCCCN(C)C. The number of nitrogens with zero attached hydrogens (tertiary/aromatic N) is 1. The molecule has 0 amide bonds. The minimum atomic E-state index is -2.00.